The van der Waals surface area contributed by atoms with Gasteiger partial charge < -0.3 is 9.30 Å². The molecule has 0 aliphatic heterocycles. The lowest BCUT2D eigenvalue weighted by Gasteiger charge is -2.05. The number of aromatic nitrogens is 1. The van der Waals surface area contributed by atoms with Gasteiger partial charge in [-0.3, -0.25) is 4.79 Å². The van der Waals surface area contributed by atoms with E-state index in [-0.39, 0.29) is 5.78 Å². The minimum absolute atomic E-state index is 0.0198. The number of hydrogen-bond donors (Lipinski definition) is 0. The molecule has 3 nitrogen and oxygen atoms in total. The molecule has 0 radical (unpaired) electrons. The molecule has 0 amide bonds. The number of nitrogens with zero attached hydrogens (tertiary/aromatic N) is 1. The fourth-order valence-electron chi connectivity index (χ4n) is 2.40. The summed E-state index contributed by atoms with van der Waals surface area (Å²) in [5.41, 5.74) is 2.41. The normalized spacial score (nSPS) is 10.7. The van der Waals surface area contributed by atoms with Gasteiger partial charge in [0.2, 0.25) is 5.78 Å². The van der Waals surface area contributed by atoms with Crippen molar-refractivity contribution >= 4 is 16.7 Å². The van der Waals surface area contributed by atoms with Crippen LogP contribution in [0, 0.1) is 0 Å². The van der Waals surface area contributed by atoms with Gasteiger partial charge in [-0.05, 0) is 36.4 Å². The van der Waals surface area contributed by atoms with Crippen LogP contribution < -0.4 is 4.74 Å². The summed E-state index contributed by atoms with van der Waals surface area (Å²) in [6, 6.07) is 17.1. The van der Waals surface area contributed by atoms with Crippen LogP contribution in [-0.2, 0) is 7.05 Å². The van der Waals surface area contributed by atoms with Crippen molar-refractivity contribution in [3.63, 3.8) is 0 Å². The molecule has 3 heteroatoms. The molecule has 1 heterocycles. The van der Waals surface area contributed by atoms with E-state index in [2.05, 4.69) is 0 Å². The lowest BCUT2D eigenvalue weighted by molar-refractivity contribution is 0.103. The maximum absolute atomic E-state index is 12.6. The van der Waals surface area contributed by atoms with Crippen LogP contribution in [-0.4, -0.2) is 17.5 Å². The second-order valence-electron chi connectivity index (χ2n) is 4.71. The predicted molar refractivity (Wildman–Crippen MR) is 79.3 cm³/mol. The van der Waals surface area contributed by atoms with E-state index in [0.29, 0.717) is 11.3 Å². The Kier molecular flexibility index (Phi) is 3.03. The molecule has 20 heavy (non-hydrogen) atoms. The van der Waals surface area contributed by atoms with Gasteiger partial charge in [-0.1, -0.05) is 18.2 Å². The summed E-state index contributed by atoms with van der Waals surface area (Å²) in [6.45, 7) is 0. The Labute approximate surface area is 117 Å². The van der Waals surface area contributed by atoms with E-state index in [4.69, 9.17) is 4.74 Å². The van der Waals surface area contributed by atoms with E-state index >= 15 is 0 Å². The van der Waals surface area contributed by atoms with Gasteiger partial charge in [-0.25, -0.2) is 0 Å². The van der Waals surface area contributed by atoms with E-state index in [9.17, 15) is 4.79 Å². The molecule has 1 aromatic heterocycles. The number of ether oxygens (including phenoxy) is 1. The molecule has 0 saturated heterocycles. The fraction of sp³-hybridized carbons (Fsp3) is 0.118. The quantitative estimate of drug-likeness (QED) is 0.679. The average molecular weight is 265 g/mol. The smallest absolute Gasteiger partial charge is 0.209 e. The van der Waals surface area contributed by atoms with Gasteiger partial charge in [-0.2, -0.15) is 0 Å². The van der Waals surface area contributed by atoms with E-state index < -0.39 is 0 Å². The minimum atomic E-state index is 0.0198. The van der Waals surface area contributed by atoms with Gasteiger partial charge in [0, 0.05) is 23.5 Å². The van der Waals surface area contributed by atoms with Crippen molar-refractivity contribution in [3.8, 4) is 5.75 Å². The zero-order chi connectivity index (χ0) is 14.1. The molecule has 2 aromatic carbocycles. The summed E-state index contributed by atoms with van der Waals surface area (Å²) in [5, 5.41) is 1.08. The van der Waals surface area contributed by atoms with Crippen LogP contribution in [0.25, 0.3) is 10.9 Å². The van der Waals surface area contributed by atoms with Gasteiger partial charge in [0.05, 0.1) is 12.8 Å². The molecular weight excluding hydrogens is 250 g/mol. The van der Waals surface area contributed by atoms with Crippen molar-refractivity contribution < 1.29 is 9.53 Å². The molecule has 0 bridgehead atoms. The van der Waals surface area contributed by atoms with Crippen molar-refractivity contribution in [2.75, 3.05) is 7.11 Å². The number of aryl methyl sites for hydroxylation is 1. The Balaban J connectivity index is 2.05. The number of benzene rings is 2. The average Bonchev–Trinajstić information content (AvgIpc) is 2.84. The zero-order valence-electron chi connectivity index (χ0n) is 11.5. The van der Waals surface area contributed by atoms with Crippen molar-refractivity contribution in [3.05, 3.63) is 65.9 Å². The first-order chi connectivity index (χ1) is 9.70. The third-order valence-electron chi connectivity index (χ3n) is 3.54. The molecule has 0 atom stereocenters. The lowest BCUT2D eigenvalue weighted by atomic mass is 10.1. The summed E-state index contributed by atoms with van der Waals surface area (Å²) in [5.74, 6) is 0.768. The highest BCUT2D eigenvalue weighted by atomic mass is 16.5. The first kappa shape index (κ1) is 12.5. The number of hydrogen-bond acceptors (Lipinski definition) is 2. The lowest BCUT2D eigenvalue weighted by Crippen LogP contribution is -2.07. The molecule has 100 valence electrons. The van der Waals surface area contributed by atoms with E-state index in [1.165, 1.54) is 0 Å². The Morgan fingerprint density at radius 3 is 2.40 bits per heavy atom. The van der Waals surface area contributed by atoms with E-state index in [1.54, 1.807) is 31.4 Å². The number of carbonyl (C=O) groups excluding carboxylic acids is 1. The van der Waals surface area contributed by atoms with Gasteiger partial charge in [0.25, 0.3) is 0 Å². The fourth-order valence-corrected chi connectivity index (χ4v) is 2.40. The SMILES string of the molecule is COc1ccc(C(=O)c2cc3ccccc3n2C)cc1. The molecule has 0 aliphatic carbocycles. The maximum atomic E-state index is 12.6. The van der Waals surface area contributed by atoms with Crippen LogP contribution in [0.15, 0.2) is 54.6 Å². The number of methoxy groups -OCH3 is 1. The highest BCUT2D eigenvalue weighted by Crippen LogP contribution is 2.21. The molecule has 3 aromatic rings. The van der Waals surface area contributed by atoms with Gasteiger partial charge >= 0.3 is 0 Å². The highest BCUT2D eigenvalue weighted by molar-refractivity contribution is 6.10. The topological polar surface area (TPSA) is 31.2 Å². The van der Waals surface area contributed by atoms with E-state index in [0.717, 1.165) is 16.7 Å². The standard InChI is InChI=1S/C17H15NO2/c1-18-15-6-4-3-5-13(15)11-16(18)17(19)12-7-9-14(20-2)10-8-12/h3-11H,1-2H3. The summed E-state index contributed by atoms with van der Waals surface area (Å²) < 4.78 is 7.04. The molecule has 0 saturated carbocycles. The summed E-state index contributed by atoms with van der Waals surface area (Å²) in [7, 11) is 3.53. The minimum Gasteiger partial charge on any atom is -0.497 e. The Morgan fingerprint density at radius 1 is 1.05 bits per heavy atom. The molecule has 0 spiro atoms. The second kappa shape index (κ2) is 4.85. The first-order valence-electron chi connectivity index (χ1n) is 6.44. The van der Waals surface area contributed by atoms with Crippen LogP contribution in [0.3, 0.4) is 0 Å². The summed E-state index contributed by atoms with van der Waals surface area (Å²) in [6.07, 6.45) is 0. The van der Waals surface area contributed by atoms with Crippen molar-refractivity contribution in [1.29, 1.82) is 0 Å². The van der Waals surface area contributed by atoms with Gasteiger partial charge in [-0.15, -0.1) is 0 Å². The number of fused-ring (bicyclic) bond motifs is 1. The number of carbonyl (C=O) groups is 1. The maximum Gasteiger partial charge on any atom is 0.209 e. The molecular formula is C17H15NO2. The van der Waals surface area contributed by atoms with Crippen LogP contribution in [0.1, 0.15) is 16.1 Å². The zero-order valence-corrected chi connectivity index (χ0v) is 11.5. The molecule has 0 N–H and O–H groups in total. The van der Waals surface area contributed by atoms with Gasteiger partial charge in [0.15, 0.2) is 0 Å². The Bertz CT molecular complexity index is 769. The van der Waals surface area contributed by atoms with Crippen molar-refractivity contribution in [2.45, 2.75) is 0 Å². The Morgan fingerprint density at radius 2 is 1.75 bits per heavy atom. The monoisotopic (exact) mass is 265 g/mol. The number of rotatable bonds is 3. The summed E-state index contributed by atoms with van der Waals surface area (Å²) in [4.78, 5) is 12.6. The van der Waals surface area contributed by atoms with Crippen LogP contribution in [0.5, 0.6) is 5.75 Å². The van der Waals surface area contributed by atoms with Crippen molar-refractivity contribution in [2.24, 2.45) is 7.05 Å². The van der Waals surface area contributed by atoms with Gasteiger partial charge in [0.1, 0.15) is 5.75 Å². The van der Waals surface area contributed by atoms with Crippen LogP contribution in [0.4, 0.5) is 0 Å². The third-order valence-corrected chi connectivity index (χ3v) is 3.54. The second-order valence-corrected chi connectivity index (χ2v) is 4.71. The summed E-state index contributed by atoms with van der Waals surface area (Å²) >= 11 is 0. The number of ketones is 1. The predicted octanol–water partition coefficient (Wildman–Crippen LogP) is 3.42. The van der Waals surface area contributed by atoms with E-state index in [1.807, 2.05) is 41.9 Å². The number of para-hydroxylation sites is 1. The molecule has 0 aliphatic rings. The van der Waals surface area contributed by atoms with Crippen LogP contribution in [0.2, 0.25) is 0 Å². The van der Waals surface area contributed by atoms with Crippen LogP contribution >= 0.6 is 0 Å². The third kappa shape index (κ3) is 1.97. The first-order valence-corrected chi connectivity index (χ1v) is 6.44. The molecule has 0 unspecified atom stereocenters. The largest absolute Gasteiger partial charge is 0.497 e. The van der Waals surface area contributed by atoms with Crippen molar-refractivity contribution in [1.82, 2.24) is 4.57 Å². The highest BCUT2D eigenvalue weighted by Gasteiger charge is 2.14. The Hall–Kier alpha value is -2.55. The molecule has 0 fully saturated rings. The molecule has 3 rings (SSSR count).